The quantitative estimate of drug-likeness (QED) is 0.907. The Labute approximate surface area is 116 Å². The Morgan fingerprint density at radius 3 is 2.75 bits per heavy atom. The molecule has 0 saturated heterocycles. The third-order valence-corrected chi connectivity index (χ3v) is 2.65. The molecule has 0 aliphatic carbocycles. The van der Waals surface area contributed by atoms with Crippen LogP contribution in [0.3, 0.4) is 0 Å². The number of carbonyl (C=O) groups is 1. The Bertz CT molecular complexity index is 644. The number of anilines is 1. The number of hydrogen-bond acceptors (Lipinski definition) is 4. The van der Waals surface area contributed by atoms with Gasteiger partial charge in [0.05, 0.1) is 6.61 Å². The highest BCUT2D eigenvalue weighted by molar-refractivity contribution is 5.96. The Morgan fingerprint density at radius 2 is 2.15 bits per heavy atom. The van der Waals surface area contributed by atoms with Gasteiger partial charge in [-0.05, 0) is 19.1 Å². The molecule has 1 aromatic heterocycles. The number of aromatic nitrogens is 1. The second-order valence-electron chi connectivity index (χ2n) is 5.39. The van der Waals surface area contributed by atoms with Crippen molar-refractivity contribution in [3.8, 4) is 0 Å². The maximum absolute atomic E-state index is 13.9. The van der Waals surface area contributed by atoms with Crippen LogP contribution in [0.15, 0.2) is 16.5 Å². The average Bonchev–Trinajstić information content (AvgIpc) is 2.77. The monoisotopic (exact) mass is 280 g/mol. The maximum atomic E-state index is 13.9. The van der Waals surface area contributed by atoms with E-state index in [-0.39, 0.29) is 23.3 Å². The molecule has 0 radical (unpaired) electrons. The van der Waals surface area contributed by atoms with E-state index in [0.717, 1.165) is 0 Å². The van der Waals surface area contributed by atoms with Gasteiger partial charge in [-0.1, -0.05) is 20.8 Å². The van der Waals surface area contributed by atoms with Crippen LogP contribution >= 0.6 is 0 Å². The Hall–Kier alpha value is -2.11. The number of nitrogens with zero attached hydrogens (tertiary/aromatic N) is 1. The number of ether oxygens (including phenoxy) is 1. The first-order valence-corrected chi connectivity index (χ1v) is 6.36. The van der Waals surface area contributed by atoms with Gasteiger partial charge in [0.15, 0.2) is 11.4 Å². The van der Waals surface area contributed by atoms with E-state index in [1.54, 1.807) is 6.92 Å². The van der Waals surface area contributed by atoms with E-state index in [2.05, 4.69) is 10.3 Å². The normalized spacial score (nSPS) is 11.7. The molecule has 6 heteroatoms. The summed E-state index contributed by atoms with van der Waals surface area (Å²) in [7, 11) is 0. The molecule has 2 aromatic rings. The third-order valence-electron chi connectivity index (χ3n) is 2.65. The highest BCUT2D eigenvalue weighted by Gasteiger charge is 2.23. The maximum Gasteiger partial charge on any atom is 0.411 e. The van der Waals surface area contributed by atoms with Gasteiger partial charge in [0.25, 0.3) is 0 Å². The van der Waals surface area contributed by atoms with Gasteiger partial charge in [-0.25, -0.2) is 14.2 Å². The van der Waals surface area contributed by atoms with Crippen molar-refractivity contribution >= 4 is 22.9 Å². The van der Waals surface area contributed by atoms with Gasteiger partial charge in [-0.3, -0.25) is 5.32 Å². The van der Waals surface area contributed by atoms with Crippen LogP contribution in [-0.2, 0) is 10.2 Å². The predicted molar refractivity (Wildman–Crippen MR) is 73.3 cm³/mol. The molecule has 1 amide bonds. The summed E-state index contributed by atoms with van der Waals surface area (Å²) < 4.78 is 24.2. The molecule has 108 valence electrons. The smallest absolute Gasteiger partial charge is 0.411 e. The molecular formula is C14H17FN2O3. The molecular weight excluding hydrogens is 263 g/mol. The molecule has 0 bridgehead atoms. The average molecular weight is 280 g/mol. The molecule has 0 aliphatic rings. The number of nitrogens with one attached hydrogen (secondary N) is 1. The highest BCUT2D eigenvalue weighted by atomic mass is 19.1. The van der Waals surface area contributed by atoms with Crippen LogP contribution in [-0.4, -0.2) is 17.7 Å². The molecule has 0 saturated carbocycles. The standard InChI is InChI=1S/C14H17FN2O3/c1-5-19-13(18)17-10-8(15)6-7-9-11(10)20-12(16-9)14(2,3)4/h6-7H,5H2,1-4H3,(H,17,18). The zero-order chi connectivity index (χ0) is 14.9. The third kappa shape index (κ3) is 2.74. The van der Waals surface area contributed by atoms with Crippen molar-refractivity contribution in [1.82, 2.24) is 4.98 Å². The second-order valence-corrected chi connectivity index (χ2v) is 5.39. The van der Waals surface area contributed by atoms with Gasteiger partial charge in [0.1, 0.15) is 11.2 Å². The molecule has 20 heavy (non-hydrogen) atoms. The predicted octanol–water partition coefficient (Wildman–Crippen LogP) is 3.83. The Kier molecular flexibility index (Phi) is 3.65. The number of benzene rings is 1. The summed E-state index contributed by atoms with van der Waals surface area (Å²) in [5.74, 6) is -0.118. The summed E-state index contributed by atoms with van der Waals surface area (Å²) in [5.41, 5.74) is 0.339. The van der Waals surface area contributed by atoms with Crippen LogP contribution in [0.4, 0.5) is 14.9 Å². The van der Waals surface area contributed by atoms with Crippen molar-refractivity contribution < 1.29 is 18.3 Å². The van der Waals surface area contributed by atoms with Crippen molar-refractivity contribution in [1.29, 1.82) is 0 Å². The zero-order valence-corrected chi connectivity index (χ0v) is 11.9. The molecule has 0 unspecified atom stereocenters. The number of fused-ring (bicyclic) bond motifs is 1. The van der Waals surface area contributed by atoms with Gasteiger partial charge >= 0.3 is 6.09 Å². The van der Waals surface area contributed by atoms with Crippen molar-refractivity contribution in [2.75, 3.05) is 11.9 Å². The van der Waals surface area contributed by atoms with Crippen molar-refractivity contribution in [3.63, 3.8) is 0 Å². The number of amides is 1. The first kappa shape index (κ1) is 14.3. The summed E-state index contributed by atoms with van der Waals surface area (Å²) in [6.07, 6.45) is -0.729. The lowest BCUT2D eigenvalue weighted by Crippen LogP contribution is -2.14. The van der Waals surface area contributed by atoms with Crippen molar-refractivity contribution in [2.24, 2.45) is 0 Å². The molecule has 1 N–H and O–H groups in total. The first-order valence-electron chi connectivity index (χ1n) is 6.36. The van der Waals surface area contributed by atoms with Gasteiger partial charge in [0.2, 0.25) is 5.89 Å². The van der Waals surface area contributed by atoms with E-state index in [4.69, 9.17) is 9.15 Å². The van der Waals surface area contributed by atoms with E-state index < -0.39 is 11.9 Å². The molecule has 5 nitrogen and oxygen atoms in total. The molecule has 0 fully saturated rings. The number of rotatable bonds is 2. The number of hydrogen-bond donors (Lipinski definition) is 1. The second kappa shape index (κ2) is 5.11. The van der Waals surface area contributed by atoms with Gasteiger partial charge in [0, 0.05) is 5.41 Å². The fourth-order valence-electron chi connectivity index (χ4n) is 1.67. The number of oxazole rings is 1. The molecule has 0 atom stereocenters. The van der Waals surface area contributed by atoms with Crippen LogP contribution in [0.25, 0.3) is 11.1 Å². The molecule has 1 heterocycles. The molecule has 0 aliphatic heterocycles. The van der Waals surface area contributed by atoms with Gasteiger partial charge < -0.3 is 9.15 Å². The van der Waals surface area contributed by atoms with E-state index in [1.807, 2.05) is 20.8 Å². The van der Waals surface area contributed by atoms with Gasteiger partial charge in [-0.2, -0.15) is 0 Å². The lowest BCUT2D eigenvalue weighted by molar-refractivity contribution is 0.168. The van der Waals surface area contributed by atoms with Crippen LogP contribution in [0.5, 0.6) is 0 Å². The largest absolute Gasteiger partial charge is 0.450 e. The summed E-state index contributed by atoms with van der Waals surface area (Å²) in [4.78, 5) is 15.8. The Morgan fingerprint density at radius 1 is 1.45 bits per heavy atom. The minimum atomic E-state index is -0.729. The lowest BCUT2D eigenvalue weighted by Gasteiger charge is -2.11. The summed E-state index contributed by atoms with van der Waals surface area (Å²) in [6, 6.07) is 2.75. The van der Waals surface area contributed by atoms with E-state index in [1.165, 1.54) is 12.1 Å². The fourth-order valence-corrected chi connectivity index (χ4v) is 1.67. The van der Waals surface area contributed by atoms with Crippen molar-refractivity contribution in [3.05, 3.63) is 23.8 Å². The van der Waals surface area contributed by atoms with Crippen LogP contribution in [0.1, 0.15) is 33.6 Å². The van der Waals surface area contributed by atoms with E-state index in [0.29, 0.717) is 11.4 Å². The minimum absolute atomic E-state index is 0.0519. The van der Waals surface area contributed by atoms with Crippen LogP contribution in [0.2, 0.25) is 0 Å². The topological polar surface area (TPSA) is 64.4 Å². The van der Waals surface area contributed by atoms with Gasteiger partial charge in [-0.15, -0.1) is 0 Å². The Balaban J connectivity index is 2.49. The fraction of sp³-hybridized carbons (Fsp3) is 0.429. The van der Waals surface area contributed by atoms with E-state index in [9.17, 15) is 9.18 Å². The highest BCUT2D eigenvalue weighted by Crippen LogP contribution is 2.31. The summed E-state index contributed by atoms with van der Waals surface area (Å²) in [5, 5.41) is 2.35. The zero-order valence-electron chi connectivity index (χ0n) is 11.9. The van der Waals surface area contributed by atoms with Crippen molar-refractivity contribution in [2.45, 2.75) is 33.1 Å². The molecule has 2 rings (SSSR count). The van der Waals surface area contributed by atoms with Crippen LogP contribution in [0, 0.1) is 5.82 Å². The summed E-state index contributed by atoms with van der Waals surface area (Å²) in [6.45, 7) is 7.68. The SMILES string of the molecule is CCOC(=O)Nc1c(F)ccc2nc(C(C)(C)C)oc12. The summed E-state index contributed by atoms with van der Waals surface area (Å²) >= 11 is 0. The van der Waals surface area contributed by atoms with E-state index >= 15 is 0 Å². The molecule has 0 spiro atoms. The number of halogens is 1. The lowest BCUT2D eigenvalue weighted by atomic mass is 9.97. The number of carbonyl (C=O) groups excluding carboxylic acids is 1. The molecule has 1 aromatic carbocycles. The van der Waals surface area contributed by atoms with Crippen LogP contribution < -0.4 is 5.32 Å². The minimum Gasteiger partial charge on any atom is -0.450 e. The first-order chi connectivity index (χ1) is 9.32.